The normalized spacial score (nSPS) is 26.8. The van der Waals surface area contributed by atoms with Gasteiger partial charge in [0.05, 0.1) is 19.3 Å². The Labute approximate surface area is 860 Å². The zero-order chi connectivity index (χ0) is 102. The number of hydrogen-bond donors (Lipinski definition) is 12. The van der Waals surface area contributed by atoms with Crippen LogP contribution in [0.4, 0.5) is 14.4 Å². The number of hydrogen-bond acceptors (Lipinski definition) is 20. The van der Waals surface area contributed by atoms with Crippen molar-refractivity contribution in [3.8, 4) is 0 Å². The highest BCUT2D eigenvalue weighted by Crippen LogP contribution is 2.70. The lowest BCUT2D eigenvalue weighted by atomic mass is 9.44. The van der Waals surface area contributed by atoms with E-state index in [-0.39, 0.29) is 49.1 Å². The van der Waals surface area contributed by atoms with Crippen molar-refractivity contribution >= 4 is 18.3 Å². The maximum Gasteiger partial charge on any atom is 0.410 e. The van der Waals surface area contributed by atoms with Crippen LogP contribution in [0.15, 0.2) is 11.6 Å². The minimum Gasteiger partial charge on any atom is -0.447 e. The van der Waals surface area contributed by atoms with E-state index in [0.29, 0.717) is 101 Å². The molecule has 20 atom stereocenters. The fourth-order valence-electron chi connectivity index (χ4n) is 27.8. The van der Waals surface area contributed by atoms with Gasteiger partial charge in [-0.3, -0.25) is 4.90 Å². The molecule has 0 radical (unpaired) electrons. The number of fused-ring (bicyclic) bond motifs is 10. The number of nitrogens with one attached hydrogen (secondary N) is 4. The number of nitrogens with zero attached hydrogens (tertiary/aromatic N) is 3. The van der Waals surface area contributed by atoms with Crippen LogP contribution in [0, 0.1) is 98.6 Å². The largest absolute Gasteiger partial charge is 0.447 e. The molecule has 0 aromatic carbocycles. The van der Waals surface area contributed by atoms with Gasteiger partial charge in [-0.1, -0.05) is 249 Å². The second kappa shape index (κ2) is 73.2. The first kappa shape index (κ1) is 126. The molecule has 140 heavy (non-hydrogen) atoms. The average Bonchev–Trinajstić information content (AvgIpc) is 1.58. The molecule has 3 amide bonds. The van der Waals surface area contributed by atoms with E-state index < -0.39 is 18.4 Å². The Balaban J connectivity index is 0.000000323. The number of rotatable bonds is 76. The molecule has 23 heteroatoms. The fourth-order valence-corrected chi connectivity index (χ4v) is 27.8. The van der Waals surface area contributed by atoms with Gasteiger partial charge in [0.15, 0.2) is 0 Å². The van der Waals surface area contributed by atoms with Crippen molar-refractivity contribution in [2.75, 3.05) is 151 Å². The third-order valence-corrected chi connectivity index (χ3v) is 36.3. The number of aliphatic hydroxyl groups is 2. The molecule has 8 rings (SSSR count). The minimum absolute atomic E-state index is 0.00749. The quantitative estimate of drug-likeness (QED) is 0.0116. The Kier molecular flexibility index (Phi) is 65.7. The highest BCUT2D eigenvalue weighted by Gasteiger charge is 2.62. The van der Waals surface area contributed by atoms with E-state index in [9.17, 15) is 24.6 Å². The van der Waals surface area contributed by atoms with Gasteiger partial charge in [-0.15, -0.1) is 0 Å². The maximum absolute atomic E-state index is 13.3. The first-order valence-electron chi connectivity index (χ1n) is 59.9. The molecule has 0 aromatic rings. The molecule has 7 fully saturated rings. The molecule has 18 N–H and O–H groups in total. The van der Waals surface area contributed by atoms with E-state index >= 15 is 0 Å². The van der Waals surface area contributed by atoms with E-state index in [4.69, 9.17) is 58.1 Å². The molecule has 23 nitrogen and oxygen atoms in total. The van der Waals surface area contributed by atoms with Crippen LogP contribution >= 0.6 is 0 Å². The summed E-state index contributed by atoms with van der Waals surface area (Å²) < 4.78 is 30.3. The van der Waals surface area contributed by atoms with E-state index in [1.165, 1.54) is 225 Å². The number of alkyl carbamates (subject to hydrolysis) is 1. The highest BCUT2D eigenvalue weighted by molar-refractivity contribution is 5.68. The number of amides is 3. The lowest BCUT2D eigenvalue weighted by Gasteiger charge is -2.61. The topological polar surface area (TPSA) is 352 Å². The first-order valence-corrected chi connectivity index (χ1v) is 59.9. The molecule has 20 unspecified atom stereocenters. The molecule has 0 heterocycles. The van der Waals surface area contributed by atoms with Gasteiger partial charge in [-0.25, -0.2) is 14.4 Å². The van der Waals surface area contributed by atoms with Crippen molar-refractivity contribution in [2.45, 2.75) is 467 Å². The average molecular weight is 1980 g/mol. The Morgan fingerprint density at radius 1 is 0.429 bits per heavy atom. The van der Waals surface area contributed by atoms with Crippen LogP contribution in [0.25, 0.3) is 0 Å². The number of allylic oxidation sites excluding steroid dienone is 1. The molecule has 822 valence electrons. The molecule has 0 bridgehead atoms. The van der Waals surface area contributed by atoms with Crippen molar-refractivity contribution in [3.05, 3.63) is 11.6 Å². The zero-order valence-electron chi connectivity index (χ0n) is 93.1. The van der Waals surface area contributed by atoms with Gasteiger partial charge in [-0.05, 0) is 370 Å². The lowest BCUT2D eigenvalue weighted by molar-refractivity contribution is -0.130. The third-order valence-electron chi connectivity index (χ3n) is 36.3. The van der Waals surface area contributed by atoms with Gasteiger partial charge in [0.1, 0.15) is 31.1 Å². The summed E-state index contributed by atoms with van der Waals surface area (Å²) in [7, 11) is 0. The summed E-state index contributed by atoms with van der Waals surface area (Å²) in [6.45, 7) is 44.8. The van der Waals surface area contributed by atoms with Gasteiger partial charge >= 0.3 is 18.3 Å². The summed E-state index contributed by atoms with van der Waals surface area (Å²) in [5.74, 6) is 10.8. The van der Waals surface area contributed by atoms with Gasteiger partial charge in [0, 0.05) is 58.9 Å². The van der Waals surface area contributed by atoms with Crippen LogP contribution in [0.5, 0.6) is 0 Å². The maximum atomic E-state index is 13.3. The van der Waals surface area contributed by atoms with Gasteiger partial charge in [0.25, 0.3) is 0 Å². The summed E-state index contributed by atoms with van der Waals surface area (Å²) >= 11 is 0. The smallest absolute Gasteiger partial charge is 0.410 e. The summed E-state index contributed by atoms with van der Waals surface area (Å²) in [4.78, 5) is 45.2. The fraction of sp³-hybridized carbons (Fsp3) is 0.957. The van der Waals surface area contributed by atoms with E-state index in [1.54, 1.807) is 10.5 Å². The van der Waals surface area contributed by atoms with Crippen LogP contribution in [0.1, 0.15) is 436 Å². The van der Waals surface area contributed by atoms with Gasteiger partial charge < -0.3 is 99.4 Å². The van der Waals surface area contributed by atoms with Crippen molar-refractivity contribution in [1.29, 1.82) is 0 Å². The second-order valence-electron chi connectivity index (χ2n) is 47.6. The van der Waals surface area contributed by atoms with Crippen molar-refractivity contribution in [3.63, 3.8) is 0 Å². The Bertz CT molecular complexity index is 3150. The van der Waals surface area contributed by atoms with Gasteiger partial charge in [0.2, 0.25) is 0 Å². The van der Waals surface area contributed by atoms with E-state index in [2.05, 4.69) is 110 Å². The van der Waals surface area contributed by atoms with Crippen LogP contribution in [-0.4, -0.2) is 225 Å². The molecule has 7 saturated carbocycles. The number of aliphatic hydroxyl groups excluding tert-OH is 2. The van der Waals surface area contributed by atoms with Crippen molar-refractivity contribution in [1.82, 2.24) is 36.0 Å². The molecular formula is C117H229N13O10. The summed E-state index contributed by atoms with van der Waals surface area (Å²) in [5, 5.41) is 34.5. The molecule has 8 aliphatic carbocycles. The van der Waals surface area contributed by atoms with Crippen molar-refractivity contribution in [2.24, 2.45) is 133 Å². The summed E-state index contributed by atoms with van der Waals surface area (Å²) in [6, 6.07) is -0.822. The monoisotopic (exact) mass is 1980 g/mol. The SMILES string of the molecule is CC(C)CCCC(C)C1CCC2C3CC=C4CC(OC(=O)N(CCCN)CCCCNCCCN)CCC4(C)C3CCC12C.CC(C)CCCC(C)C1CCC2C3CCC4CC(OC(=O)NC(CO)C(O)N(CCCN)CCCCNCCCN)CCC4(C)C3CCC12C.CCCCCCCCCCCCOCC(COC(=O)N(CCCN)CCCCNCCCN)OCCCCCCCCCCCC. The van der Waals surface area contributed by atoms with Crippen LogP contribution < -0.4 is 55.7 Å². The number of ether oxygens (including phenoxy) is 5. The standard InChI is InChI=1S/C41H79N5O4.C38H80N4O4.C38H70N4O2/c1-29(2)11-8-12-30(3)34-15-16-35-33-14-13-31-27-32(17-19-40(31,4)36(33)18-20-41(34,35)5)50-39(49)45-37(28-47)38(48)46(26-10-22-43)25-7-6-23-44-24-9-21-42;1-3-5-7-9-11-13-15-17-19-23-33-44-35-37(45-34-24-20-18-16-14-12-10-8-6-4-2)36-46-38(43)42(32-26-28-40)31-22-21-29-41-30-25-27-39;1-28(2)11-8-12-29(3)33-15-16-34-32-14-13-30-27-31(17-19-37(30,4)35(32)18-20-38(33,34)5)44-36(43)42(26-10-22-40)25-7-6-23-41-24-9-21-39/h29-38,44,47-48H,6-28,42-43H2,1-5H3,(H,45,49);37,41H,3-36,39-40H2,1-2H3;13,28-29,31-35,41H,6-12,14-27,39-40H2,1-5H3. The number of carbonyl (C=O) groups excluding carboxylic acids is 3. The zero-order valence-corrected chi connectivity index (χ0v) is 93.1. The number of nitrogens with two attached hydrogens (primary N) is 6. The molecule has 8 aliphatic rings. The van der Waals surface area contributed by atoms with E-state index in [1.807, 2.05) is 9.80 Å². The number of unbranched alkanes of at least 4 members (excludes halogenated alkanes) is 21. The third kappa shape index (κ3) is 44.3. The summed E-state index contributed by atoms with van der Waals surface area (Å²) in [6.07, 6.45) is 67.0. The Hall–Kier alpha value is -3.01. The molecule has 0 aliphatic heterocycles. The van der Waals surface area contributed by atoms with E-state index in [0.717, 1.165) is 258 Å². The lowest BCUT2D eigenvalue weighted by Crippen LogP contribution is -2.56. The molecule has 0 aromatic heterocycles. The van der Waals surface area contributed by atoms with Gasteiger partial charge in [-0.2, -0.15) is 0 Å². The molecular weight excluding hydrogens is 1750 g/mol. The van der Waals surface area contributed by atoms with Crippen LogP contribution in [0.2, 0.25) is 0 Å². The predicted molar refractivity (Wildman–Crippen MR) is 585 cm³/mol. The molecule has 0 spiro atoms. The predicted octanol–water partition coefficient (Wildman–Crippen LogP) is 22.9. The minimum atomic E-state index is -1.01. The first-order chi connectivity index (χ1) is 67.8. The summed E-state index contributed by atoms with van der Waals surface area (Å²) in [5.41, 5.74) is 37.3. The molecule has 0 saturated heterocycles. The highest BCUT2D eigenvalue weighted by atomic mass is 16.6. The van der Waals surface area contributed by atoms with Crippen LogP contribution in [0.3, 0.4) is 0 Å². The Morgan fingerprint density at radius 2 is 0.864 bits per heavy atom. The second-order valence-corrected chi connectivity index (χ2v) is 47.6. The Morgan fingerprint density at radius 3 is 1.37 bits per heavy atom. The van der Waals surface area contributed by atoms with Crippen molar-refractivity contribution < 1.29 is 48.3 Å². The number of carbonyl (C=O) groups is 3. The van der Waals surface area contributed by atoms with Crippen LogP contribution in [-0.2, 0) is 23.7 Å².